The Morgan fingerprint density at radius 2 is 2.44 bits per heavy atom. The van der Waals surface area contributed by atoms with Crippen LogP contribution < -0.4 is 10.6 Å². The summed E-state index contributed by atoms with van der Waals surface area (Å²) in [4.78, 5) is 6.83. The van der Waals surface area contributed by atoms with Gasteiger partial charge in [-0.1, -0.05) is 0 Å². The molecule has 3 nitrogen and oxygen atoms in total. The zero-order valence-electron chi connectivity index (χ0n) is 9.89. The van der Waals surface area contributed by atoms with Gasteiger partial charge in [0.25, 0.3) is 0 Å². The van der Waals surface area contributed by atoms with Crippen LogP contribution in [0, 0.1) is 0 Å². The number of thioether (sulfide) groups is 1. The maximum atomic E-state index is 5.90. The number of aromatic nitrogens is 1. The molecule has 0 aliphatic carbocycles. The van der Waals surface area contributed by atoms with E-state index in [1.807, 2.05) is 30.9 Å². The van der Waals surface area contributed by atoms with Crippen molar-refractivity contribution in [1.82, 2.24) is 4.98 Å². The molecule has 0 aromatic carbocycles. The minimum Gasteiger partial charge on any atom is -0.352 e. The van der Waals surface area contributed by atoms with Gasteiger partial charge in [-0.2, -0.15) is 11.8 Å². The van der Waals surface area contributed by atoms with Gasteiger partial charge in [0.1, 0.15) is 5.82 Å². The minimum absolute atomic E-state index is 0.0798. The molecule has 2 heterocycles. The van der Waals surface area contributed by atoms with Crippen LogP contribution in [0.3, 0.4) is 0 Å². The lowest BCUT2D eigenvalue weighted by atomic mass is 10.1. The van der Waals surface area contributed by atoms with Crippen molar-refractivity contribution < 1.29 is 0 Å². The molecule has 16 heavy (non-hydrogen) atoms. The summed E-state index contributed by atoms with van der Waals surface area (Å²) < 4.78 is 0. The summed E-state index contributed by atoms with van der Waals surface area (Å²) in [5.74, 6) is 3.45. The number of nitrogens with two attached hydrogens (primary N) is 1. The lowest BCUT2D eigenvalue weighted by Gasteiger charge is -2.34. The van der Waals surface area contributed by atoms with Crippen molar-refractivity contribution in [2.75, 3.05) is 23.0 Å². The van der Waals surface area contributed by atoms with Crippen LogP contribution >= 0.6 is 11.8 Å². The van der Waals surface area contributed by atoms with Crippen molar-refractivity contribution in [2.24, 2.45) is 5.73 Å². The Balaban J connectivity index is 2.21. The van der Waals surface area contributed by atoms with Gasteiger partial charge in [-0.15, -0.1) is 0 Å². The van der Waals surface area contributed by atoms with Gasteiger partial charge in [0.2, 0.25) is 0 Å². The first-order valence-electron chi connectivity index (χ1n) is 5.74. The zero-order valence-corrected chi connectivity index (χ0v) is 10.7. The van der Waals surface area contributed by atoms with Crippen molar-refractivity contribution in [1.29, 1.82) is 0 Å². The van der Waals surface area contributed by atoms with Crippen LogP contribution in [0.2, 0.25) is 0 Å². The molecule has 2 rings (SSSR count). The van der Waals surface area contributed by atoms with E-state index in [9.17, 15) is 0 Å². The first-order valence-corrected chi connectivity index (χ1v) is 6.90. The Labute approximate surface area is 101 Å². The zero-order chi connectivity index (χ0) is 11.5. The van der Waals surface area contributed by atoms with Crippen molar-refractivity contribution in [3.05, 3.63) is 23.9 Å². The molecule has 1 aromatic heterocycles. The van der Waals surface area contributed by atoms with Crippen LogP contribution in [0.4, 0.5) is 5.82 Å². The number of anilines is 1. The SMILES string of the molecule is CC1CSCCN1c1cc([C@H](C)N)ccn1. The Morgan fingerprint density at radius 3 is 3.12 bits per heavy atom. The fourth-order valence-corrected chi connectivity index (χ4v) is 2.96. The third-order valence-electron chi connectivity index (χ3n) is 2.96. The molecule has 1 aliphatic heterocycles. The highest BCUT2D eigenvalue weighted by Crippen LogP contribution is 2.23. The van der Waals surface area contributed by atoms with Gasteiger partial charge in [-0.3, -0.25) is 0 Å². The van der Waals surface area contributed by atoms with Gasteiger partial charge in [0.05, 0.1) is 0 Å². The number of nitrogens with zero attached hydrogens (tertiary/aromatic N) is 2. The highest BCUT2D eigenvalue weighted by molar-refractivity contribution is 7.99. The standard InChI is InChI=1S/C12H19N3S/c1-9-8-16-6-5-15(9)12-7-11(10(2)13)3-4-14-12/h3-4,7,9-10H,5-6,8,13H2,1-2H3/t9?,10-/m0/s1. The average Bonchev–Trinajstić information content (AvgIpc) is 2.30. The fourth-order valence-electron chi connectivity index (χ4n) is 1.94. The molecule has 0 bridgehead atoms. The molecule has 1 aliphatic rings. The lowest BCUT2D eigenvalue weighted by Crippen LogP contribution is -2.40. The number of pyridine rings is 1. The molecule has 2 N–H and O–H groups in total. The van der Waals surface area contributed by atoms with Gasteiger partial charge in [0, 0.05) is 36.3 Å². The van der Waals surface area contributed by atoms with Gasteiger partial charge < -0.3 is 10.6 Å². The first-order chi connectivity index (χ1) is 7.68. The van der Waals surface area contributed by atoms with Crippen LogP contribution in [0.5, 0.6) is 0 Å². The molecular formula is C12H19N3S. The van der Waals surface area contributed by atoms with Gasteiger partial charge in [0.15, 0.2) is 0 Å². The molecule has 0 saturated carbocycles. The maximum absolute atomic E-state index is 5.90. The molecule has 4 heteroatoms. The molecule has 0 amide bonds. The number of rotatable bonds is 2. The maximum Gasteiger partial charge on any atom is 0.129 e. The Kier molecular flexibility index (Phi) is 3.71. The molecule has 1 fully saturated rings. The monoisotopic (exact) mass is 237 g/mol. The van der Waals surface area contributed by atoms with Crippen molar-refractivity contribution in [3.8, 4) is 0 Å². The Morgan fingerprint density at radius 1 is 1.62 bits per heavy atom. The molecule has 0 radical (unpaired) electrons. The van der Waals surface area contributed by atoms with E-state index in [0.29, 0.717) is 6.04 Å². The topological polar surface area (TPSA) is 42.1 Å². The molecular weight excluding hydrogens is 218 g/mol. The van der Waals surface area contributed by atoms with Gasteiger partial charge in [-0.05, 0) is 31.5 Å². The third-order valence-corrected chi connectivity index (χ3v) is 4.15. The van der Waals surface area contributed by atoms with E-state index in [1.54, 1.807) is 0 Å². The summed E-state index contributed by atoms with van der Waals surface area (Å²) in [5.41, 5.74) is 7.06. The summed E-state index contributed by atoms with van der Waals surface area (Å²) in [6.07, 6.45) is 1.86. The van der Waals surface area contributed by atoms with E-state index in [4.69, 9.17) is 5.73 Å². The van der Waals surface area contributed by atoms with Crippen LogP contribution in [-0.2, 0) is 0 Å². The molecule has 88 valence electrons. The van der Waals surface area contributed by atoms with E-state index in [0.717, 1.165) is 17.9 Å². The van der Waals surface area contributed by atoms with E-state index in [-0.39, 0.29) is 6.04 Å². The highest BCUT2D eigenvalue weighted by Gasteiger charge is 2.20. The molecule has 1 aromatic rings. The second-order valence-electron chi connectivity index (χ2n) is 4.35. The summed E-state index contributed by atoms with van der Waals surface area (Å²) in [6.45, 7) is 5.35. The number of hydrogen-bond donors (Lipinski definition) is 1. The van der Waals surface area contributed by atoms with Crippen molar-refractivity contribution in [3.63, 3.8) is 0 Å². The van der Waals surface area contributed by atoms with Crippen molar-refractivity contribution in [2.45, 2.75) is 25.9 Å². The summed E-state index contributed by atoms with van der Waals surface area (Å²) in [7, 11) is 0. The normalized spacial score (nSPS) is 23.2. The van der Waals surface area contributed by atoms with E-state index in [1.165, 1.54) is 11.5 Å². The first kappa shape index (κ1) is 11.7. The highest BCUT2D eigenvalue weighted by atomic mass is 32.2. The van der Waals surface area contributed by atoms with Crippen LogP contribution in [0.25, 0.3) is 0 Å². The van der Waals surface area contributed by atoms with E-state index in [2.05, 4.69) is 22.9 Å². The Hall–Kier alpha value is -0.740. The summed E-state index contributed by atoms with van der Waals surface area (Å²) in [6, 6.07) is 4.76. The van der Waals surface area contributed by atoms with Crippen LogP contribution in [0.15, 0.2) is 18.3 Å². The van der Waals surface area contributed by atoms with Crippen molar-refractivity contribution >= 4 is 17.6 Å². The largest absolute Gasteiger partial charge is 0.352 e. The average molecular weight is 237 g/mol. The third kappa shape index (κ3) is 2.50. The quantitative estimate of drug-likeness (QED) is 0.855. The fraction of sp³-hybridized carbons (Fsp3) is 0.583. The molecule has 1 unspecified atom stereocenters. The van der Waals surface area contributed by atoms with E-state index < -0.39 is 0 Å². The second kappa shape index (κ2) is 5.06. The molecule has 1 saturated heterocycles. The second-order valence-corrected chi connectivity index (χ2v) is 5.50. The minimum atomic E-state index is 0.0798. The molecule has 2 atom stereocenters. The summed E-state index contributed by atoms with van der Waals surface area (Å²) in [5, 5.41) is 0. The van der Waals surface area contributed by atoms with Crippen LogP contribution in [0.1, 0.15) is 25.5 Å². The van der Waals surface area contributed by atoms with Gasteiger partial charge in [-0.25, -0.2) is 4.98 Å². The molecule has 0 spiro atoms. The lowest BCUT2D eigenvalue weighted by molar-refractivity contribution is 0.687. The van der Waals surface area contributed by atoms with Gasteiger partial charge >= 0.3 is 0 Å². The number of hydrogen-bond acceptors (Lipinski definition) is 4. The predicted molar refractivity (Wildman–Crippen MR) is 71.0 cm³/mol. The Bertz CT molecular complexity index is 354. The van der Waals surface area contributed by atoms with Crippen LogP contribution in [-0.4, -0.2) is 29.1 Å². The smallest absolute Gasteiger partial charge is 0.129 e. The summed E-state index contributed by atoms with van der Waals surface area (Å²) >= 11 is 2.02. The van der Waals surface area contributed by atoms with E-state index >= 15 is 0 Å². The predicted octanol–water partition coefficient (Wildman–Crippen LogP) is 2.04.